The Balaban J connectivity index is 2.83. The topological polar surface area (TPSA) is 49.3 Å². The third-order valence-electron chi connectivity index (χ3n) is 2.38. The number of carbonyl (C=O) groups is 1. The molecule has 1 aromatic carbocycles. The van der Waals surface area contributed by atoms with Gasteiger partial charge in [-0.05, 0) is 32.4 Å². The summed E-state index contributed by atoms with van der Waals surface area (Å²) in [5.74, 6) is -0.983. The molecular formula is C12H15ClFNO2. The van der Waals surface area contributed by atoms with Gasteiger partial charge in [0.2, 0.25) is 0 Å². The lowest BCUT2D eigenvalue weighted by molar-refractivity contribution is 0.0909. The number of nitrogens with one attached hydrogen (secondary N) is 1. The van der Waals surface area contributed by atoms with Crippen LogP contribution < -0.4 is 5.32 Å². The molecule has 0 aromatic heterocycles. The van der Waals surface area contributed by atoms with Gasteiger partial charge in [-0.3, -0.25) is 4.79 Å². The molecule has 0 aliphatic rings. The highest BCUT2D eigenvalue weighted by atomic mass is 35.5. The van der Waals surface area contributed by atoms with E-state index in [4.69, 9.17) is 11.6 Å². The third-order valence-corrected chi connectivity index (χ3v) is 2.56. The number of phenols is 1. The molecule has 5 heteroatoms. The molecule has 1 amide bonds. The number of rotatable bonds is 4. The van der Waals surface area contributed by atoms with E-state index in [2.05, 4.69) is 5.32 Å². The number of alkyl halides is 1. The Hall–Kier alpha value is -1.29. The van der Waals surface area contributed by atoms with Crippen molar-refractivity contribution in [2.45, 2.75) is 25.8 Å². The summed E-state index contributed by atoms with van der Waals surface area (Å²) in [6, 6.07) is 3.28. The van der Waals surface area contributed by atoms with E-state index in [-0.39, 0.29) is 11.3 Å². The van der Waals surface area contributed by atoms with Crippen LogP contribution in [0.3, 0.4) is 0 Å². The monoisotopic (exact) mass is 259 g/mol. The first-order valence-electron chi connectivity index (χ1n) is 5.23. The Morgan fingerprint density at radius 1 is 1.53 bits per heavy atom. The summed E-state index contributed by atoms with van der Waals surface area (Å²) in [5, 5.41) is 12.2. The van der Waals surface area contributed by atoms with Gasteiger partial charge in [0, 0.05) is 17.5 Å². The third kappa shape index (κ3) is 3.89. The molecule has 0 unspecified atom stereocenters. The average Bonchev–Trinajstić information content (AvgIpc) is 2.15. The lowest BCUT2D eigenvalue weighted by atomic mass is 10.0. The maximum Gasteiger partial charge on any atom is 0.255 e. The van der Waals surface area contributed by atoms with Crippen molar-refractivity contribution in [3.05, 3.63) is 29.6 Å². The summed E-state index contributed by atoms with van der Waals surface area (Å²) >= 11 is 5.62. The molecule has 0 aliphatic heterocycles. The fraction of sp³-hybridized carbons (Fsp3) is 0.417. The molecule has 94 valence electrons. The molecule has 0 spiro atoms. The molecule has 0 heterocycles. The van der Waals surface area contributed by atoms with Crippen LogP contribution in [0.1, 0.15) is 30.6 Å². The van der Waals surface area contributed by atoms with E-state index in [9.17, 15) is 14.3 Å². The zero-order valence-electron chi connectivity index (χ0n) is 9.76. The van der Waals surface area contributed by atoms with Crippen LogP contribution in [-0.2, 0) is 0 Å². The van der Waals surface area contributed by atoms with Crippen LogP contribution in [0.2, 0.25) is 0 Å². The summed E-state index contributed by atoms with van der Waals surface area (Å²) in [5.41, 5.74) is -0.423. The molecule has 2 N–H and O–H groups in total. The second kappa shape index (κ2) is 5.36. The fourth-order valence-electron chi connectivity index (χ4n) is 1.37. The van der Waals surface area contributed by atoms with Crippen molar-refractivity contribution in [3.63, 3.8) is 0 Å². The van der Waals surface area contributed by atoms with Crippen molar-refractivity contribution in [2.75, 3.05) is 5.88 Å². The highest BCUT2D eigenvalue weighted by Gasteiger charge is 2.22. The van der Waals surface area contributed by atoms with Gasteiger partial charge in [0.1, 0.15) is 11.6 Å². The zero-order valence-corrected chi connectivity index (χ0v) is 10.5. The minimum atomic E-state index is -0.584. The van der Waals surface area contributed by atoms with E-state index in [1.54, 1.807) is 0 Å². The quantitative estimate of drug-likeness (QED) is 0.817. The van der Waals surface area contributed by atoms with Crippen molar-refractivity contribution >= 4 is 17.5 Å². The molecule has 0 fully saturated rings. The predicted molar refractivity (Wildman–Crippen MR) is 64.9 cm³/mol. The Labute approximate surface area is 105 Å². The highest BCUT2D eigenvalue weighted by Crippen LogP contribution is 2.19. The second-order valence-corrected chi connectivity index (χ2v) is 4.82. The van der Waals surface area contributed by atoms with Gasteiger partial charge in [-0.15, -0.1) is 11.6 Å². The van der Waals surface area contributed by atoms with Gasteiger partial charge in [-0.25, -0.2) is 4.39 Å². The van der Waals surface area contributed by atoms with E-state index in [1.807, 2.05) is 13.8 Å². The van der Waals surface area contributed by atoms with Gasteiger partial charge < -0.3 is 10.4 Å². The first kappa shape index (κ1) is 13.8. The normalized spacial score (nSPS) is 11.3. The Kier molecular flexibility index (Phi) is 4.34. The van der Waals surface area contributed by atoms with Gasteiger partial charge in [0.25, 0.3) is 5.91 Å². The molecule has 0 bridgehead atoms. The van der Waals surface area contributed by atoms with Crippen LogP contribution >= 0.6 is 11.6 Å². The number of hydrogen-bond donors (Lipinski definition) is 2. The van der Waals surface area contributed by atoms with Crippen molar-refractivity contribution in [2.24, 2.45) is 0 Å². The minimum absolute atomic E-state index is 0.0500. The van der Waals surface area contributed by atoms with Crippen LogP contribution in [0.25, 0.3) is 0 Å². The standard InChI is InChI=1S/C12H15ClFNO2/c1-12(2,5-6-13)15-11(17)9-4-3-8(14)7-10(9)16/h3-4,7,16H,5-6H2,1-2H3,(H,15,17). The summed E-state index contributed by atoms with van der Waals surface area (Å²) in [7, 11) is 0. The number of aromatic hydroxyl groups is 1. The highest BCUT2D eigenvalue weighted by molar-refractivity contribution is 6.17. The maximum atomic E-state index is 12.8. The smallest absolute Gasteiger partial charge is 0.255 e. The molecule has 1 aromatic rings. The van der Waals surface area contributed by atoms with Gasteiger partial charge >= 0.3 is 0 Å². The molecule has 0 atom stereocenters. The van der Waals surface area contributed by atoms with Gasteiger partial charge in [0.15, 0.2) is 0 Å². The second-order valence-electron chi connectivity index (χ2n) is 4.44. The van der Waals surface area contributed by atoms with Gasteiger partial charge in [-0.1, -0.05) is 0 Å². The van der Waals surface area contributed by atoms with Gasteiger partial charge in [0.05, 0.1) is 5.56 Å². The number of benzene rings is 1. The lowest BCUT2D eigenvalue weighted by Gasteiger charge is -2.25. The van der Waals surface area contributed by atoms with Gasteiger partial charge in [-0.2, -0.15) is 0 Å². The largest absolute Gasteiger partial charge is 0.507 e. The number of halogens is 2. The summed E-state index contributed by atoms with van der Waals surface area (Å²) in [4.78, 5) is 11.8. The minimum Gasteiger partial charge on any atom is -0.507 e. The predicted octanol–water partition coefficient (Wildman–Crippen LogP) is 2.67. The van der Waals surface area contributed by atoms with Crippen LogP contribution in [0.15, 0.2) is 18.2 Å². The van der Waals surface area contributed by atoms with Crippen LogP contribution in [-0.4, -0.2) is 22.4 Å². The van der Waals surface area contributed by atoms with Crippen molar-refractivity contribution in [3.8, 4) is 5.75 Å². The molecule has 1 rings (SSSR count). The molecule has 0 radical (unpaired) electrons. The Bertz CT molecular complexity index is 421. The first-order chi connectivity index (χ1) is 7.85. The molecule has 17 heavy (non-hydrogen) atoms. The number of phenolic OH excluding ortho intramolecular Hbond substituents is 1. The Morgan fingerprint density at radius 2 is 2.18 bits per heavy atom. The maximum absolute atomic E-state index is 12.8. The molecule has 0 saturated carbocycles. The summed E-state index contributed by atoms with van der Waals surface area (Å²) in [6.07, 6.45) is 0.599. The van der Waals surface area contributed by atoms with Crippen LogP contribution in [0.5, 0.6) is 5.75 Å². The van der Waals surface area contributed by atoms with E-state index < -0.39 is 17.3 Å². The van der Waals surface area contributed by atoms with E-state index >= 15 is 0 Å². The van der Waals surface area contributed by atoms with E-state index in [1.165, 1.54) is 6.07 Å². The number of carbonyl (C=O) groups excluding carboxylic acids is 1. The summed E-state index contributed by atoms with van der Waals surface area (Å²) in [6.45, 7) is 3.65. The Morgan fingerprint density at radius 3 is 2.71 bits per heavy atom. The average molecular weight is 260 g/mol. The molecule has 0 saturated heterocycles. The molecular weight excluding hydrogens is 245 g/mol. The van der Waals surface area contributed by atoms with Crippen molar-refractivity contribution in [1.82, 2.24) is 5.32 Å². The van der Waals surface area contributed by atoms with Crippen molar-refractivity contribution < 1.29 is 14.3 Å². The zero-order chi connectivity index (χ0) is 13.1. The van der Waals surface area contributed by atoms with Crippen LogP contribution in [0, 0.1) is 5.82 Å². The number of hydrogen-bond acceptors (Lipinski definition) is 2. The fourth-order valence-corrected chi connectivity index (χ4v) is 1.84. The number of amides is 1. The lowest BCUT2D eigenvalue weighted by Crippen LogP contribution is -2.43. The van der Waals surface area contributed by atoms with Crippen LogP contribution in [0.4, 0.5) is 4.39 Å². The summed E-state index contributed by atoms with van der Waals surface area (Å²) < 4.78 is 12.8. The SMILES string of the molecule is CC(C)(CCCl)NC(=O)c1ccc(F)cc1O. The first-order valence-corrected chi connectivity index (χ1v) is 5.76. The van der Waals surface area contributed by atoms with E-state index in [0.29, 0.717) is 12.3 Å². The molecule has 0 aliphatic carbocycles. The molecule has 3 nitrogen and oxygen atoms in total. The van der Waals surface area contributed by atoms with Crippen molar-refractivity contribution in [1.29, 1.82) is 0 Å². The van der Waals surface area contributed by atoms with E-state index in [0.717, 1.165) is 12.1 Å².